The molecule has 0 saturated heterocycles. The van der Waals surface area contributed by atoms with Gasteiger partial charge in [-0.25, -0.2) is 4.68 Å². The molecule has 2 aromatic rings. The highest BCUT2D eigenvalue weighted by molar-refractivity contribution is 5.37. The van der Waals surface area contributed by atoms with Crippen molar-refractivity contribution in [1.29, 1.82) is 0 Å². The van der Waals surface area contributed by atoms with E-state index in [9.17, 15) is 0 Å². The Hall–Kier alpha value is -1.57. The standard InChI is InChI=1S/C16H22N2/c1-4-6-12-16-15(5-2)13(3)17-18(16)14-10-8-7-9-11-14/h7-11H,4-6,12H2,1-3H3. The quantitative estimate of drug-likeness (QED) is 0.772. The molecule has 2 heteroatoms. The van der Waals surface area contributed by atoms with Gasteiger partial charge in [-0.1, -0.05) is 38.5 Å². The second kappa shape index (κ2) is 5.85. The Morgan fingerprint density at radius 3 is 2.44 bits per heavy atom. The first-order valence-electron chi connectivity index (χ1n) is 6.90. The summed E-state index contributed by atoms with van der Waals surface area (Å²) in [4.78, 5) is 0. The zero-order valence-corrected chi connectivity index (χ0v) is 11.6. The monoisotopic (exact) mass is 242 g/mol. The van der Waals surface area contributed by atoms with Gasteiger partial charge >= 0.3 is 0 Å². The first kappa shape index (κ1) is 12.9. The van der Waals surface area contributed by atoms with Crippen LogP contribution in [0.4, 0.5) is 0 Å². The Kier molecular flexibility index (Phi) is 4.19. The van der Waals surface area contributed by atoms with Crippen LogP contribution >= 0.6 is 0 Å². The molecule has 0 amide bonds. The molecular weight excluding hydrogens is 220 g/mol. The van der Waals surface area contributed by atoms with Crippen LogP contribution in [0.3, 0.4) is 0 Å². The van der Waals surface area contributed by atoms with Gasteiger partial charge in [0.05, 0.1) is 11.4 Å². The van der Waals surface area contributed by atoms with Gasteiger partial charge < -0.3 is 0 Å². The molecule has 0 saturated carbocycles. The number of unbranched alkanes of at least 4 members (excludes halogenated alkanes) is 1. The van der Waals surface area contributed by atoms with Gasteiger partial charge in [0.15, 0.2) is 0 Å². The van der Waals surface area contributed by atoms with Crippen LogP contribution in [0.5, 0.6) is 0 Å². The minimum atomic E-state index is 1.07. The van der Waals surface area contributed by atoms with Crippen molar-refractivity contribution in [3.63, 3.8) is 0 Å². The molecular formula is C16H22N2. The lowest BCUT2D eigenvalue weighted by molar-refractivity contribution is 0.722. The fraction of sp³-hybridized carbons (Fsp3) is 0.438. The molecule has 1 aromatic heterocycles. The minimum Gasteiger partial charge on any atom is -0.237 e. The van der Waals surface area contributed by atoms with Crippen LogP contribution in [0, 0.1) is 6.92 Å². The van der Waals surface area contributed by atoms with Crippen molar-refractivity contribution in [2.24, 2.45) is 0 Å². The Bertz CT molecular complexity index is 497. The summed E-state index contributed by atoms with van der Waals surface area (Å²) in [5, 5.41) is 4.72. The van der Waals surface area contributed by atoms with Gasteiger partial charge in [-0.2, -0.15) is 5.10 Å². The van der Waals surface area contributed by atoms with E-state index in [-0.39, 0.29) is 0 Å². The lowest BCUT2D eigenvalue weighted by Crippen LogP contribution is -2.03. The van der Waals surface area contributed by atoms with Gasteiger partial charge in [-0.05, 0) is 43.9 Å². The van der Waals surface area contributed by atoms with E-state index in [1.54, 1.807) is 0 Å². The van der Waals surface area contributed by atoms with Crippen LogP contribution in [0.25, 0.3) is 5.69 Å². The maximum absolute atomic E-state index is 4.72. The van der Waals surface area contributed by atoms with E-state index in [4.69, 9.17) is 5.10 Å². The van der Waals surface area contributed by atoms with E-state index in [0.29, 0.717) is 0 Å². The Labute approximate surface area is 110 Å². The van der Waals surface area contributed by atoms with E-state index < -0.39 is 0 Å². The molecule has 0 radical (unpaired) electrons. The summed E-state index contributed by atoms with van der Waals surface area (Å²) in [7, 11) is 0. The fourth-order valence-corrected chi connectivity index (χ4v) is 2.45. The maximum atomic E-state index is 4.72. The average molecular weight is 242 g/mol. The Morgan fingerprint density at radius 1 is 1.11 bits per heavy atom. The highest BCUT2D eigenvalue weighted by atomic mass is 15.3. The predicted octanol–water partition coefficient (Wildman–Crippen LogP) is 4.09. The molecule has 0 atom stereocenters. The maximum Gasteiger partial charge on any atom is 0.0649 e. The number of benzene rings is 1. The van der Waals surface area contributed by atoms with Gasteiger partial charge in [0.25, 0.3) is 0 Å². The fourth-order valence-electron chi connectivity index (χ4n) is 2.45. The molecule has 0 fully saturated rings. The molecule has 2 rings (SSSR count). The topological polar surface area (TPSA) is 17.8 Å². The average Bonchev–Trinajstić information content (AvgIpc) is 2.73. The Morgan fingerprint density at radius 2 is 1.83 bits per heavy atom. The van der Waals surface area contributed by atoms with Crippen molar-refractivity contribution in [1.82, 2.24) is 9.78 Å². The molecule has 0 aliphatic rings. The number of aryl methyl sites for hydroxylation is 1. The second-order valence-electron chi connectivity index (χ2n) is 4.72. The molecule has 0 aliphatic heterocycles. The van der Waals surface area contributed by atoms with Crippen LogP contribution in [-0.4, -0.2) is 9.78 Å². The van der Waals surface area contributed by atoms with Crippen LogP contribution in [0.15, 0.2) is 30.3 Å². The molecule has 2 nitrogen and oxygen atoms in total. The molecule has 0 aliphatic carbocycles. The van der Waals surface area contributed by atoms with Gasteiger partial charge in [0.1, 0.15) is 0 Å². The molecule has 1 heterocycles. The number of hydrogen-bond acceptors (Lipinski definition) is 1. The highest BCUT2D eigenvalue weighted by Gasteiger charge is 2.14. The zero-order valence-electron chi connectivity index (χ0n) is 11.6. The number of para-hydroxylation sites is 1. The van der Waals surface area contributed by atoms with Crippen LogP contribution in [0.2, 0.25) is 0 Å². The number of aromatic nitrogens is 2. The van der Waals surface area contributed by atoms with Crippen molar-refractivity contribution in [3.05, 3.63) is 47.3 Å². The van der Waals surface area contributed by atoms with Crippen LogP contribution < -0.4 is 0 Å². The molecule has 18 heavy (non-hydrogen) atoms. The van der Waals surface area contributed by atoms with E-state index in [0.717, 1.165) is 12.8 Å². The van der Waals surface area contributed by atoms with Gasteiger partial charge in [0.2, 0.25) is 0 Å². The zero-order chi connectivity index (χ0) is 13.0. The largest absolute Gasteiger partial charge is 0.237 e. The molecule has 96 valence electrons. The summed E-state index contributed by atoms with van der Waals surface area (Å²) in [5.41, 5.74) is 5.16. The summed E-state index contributed by atoms with van der Waals surface area (Å²) in [6.45, 7) is 6.57. The first-order chi connectivity index (χ1) is 8.77. The highest BCUT2D eigenvalue weighted by Crippen LogP contribution is 2.21. The Balaban J connectivity index is 2.46. The SMILES string of the molecule is CCCCc1c(CC)c(C)nn1-c1ccccc1. The van der Waals surface area contributed by atoms with Crippen molar-refractivity contribution < 1.29 is 0 Å². The summed E-state index contributed by atoms with van der Waals surface area (Å²) in [5.74, 6) is 0. The number of rotatable bonds is 5. The van der Waals surface area contributed by atoms with E-state index in [1.165, 1.54) is 35.5 Å². The number of hydrogen-bond donors (Lipinski definition) is 0. The van der Waals surface area contributed by atoms with Crippen molar-refractivity contribution in [2.75, 3.05) is 0 Å². The number of nitrogens with zero attached hydrogens (tertiary/aromatic N) is 2. The normalized spacial score (nSPS) is 10.8. The second-order valence-corrected chi connectivity index (χ2v) is 4.72. The van der Waals surface area contributed by atoms with E-state index in [1.807, 2.05) is 6.07 Å². The van der Waals surface area contributed by atoms with E-state index >= 15 is 0 Å². The summed E-state index contributed by atoms with van der Waals surface area (Å²) >= 11 is 0. The summed E-state index contributed by atoms with van der Waals surface area (Å²) < 4.78 is 2.13. The lowest BCUT2D eigenvalue weighted by atomic mass is 10.1. The van der Waals surface area contributed by atoms with Gasteiger partial charge in [-0.15, -0.1) is 0 Å². The predicted molar refractivity (Wildman–Crippen MR) is 76.3 cm³/mol. The summed E-state index contributed by atoms with van der Waals surface area (Å²) in [6, 6.07) is 10.4. The third-order valence-electron chi connectivity index (χ3n) is 3.41. The van der Waals surface area contributed by atoms with Gasteiger partial charge in [0, 0.05) is 5.69 Å². The molecule has 1 aromatic carbocycles. The molecule has 0 unspecified atom stereocenters. The van der Waals surface area contributed by atoms with Crippen molar-refractivity contribution in [3.8, 4) is 5.69 Å². The van der Waals surface area contributed by atoms with E-state index in [2.05, 4.69) is 49.7 Å². The minimum absolute atomic E-state index is 1.07. The molecule has 0 bridgehead atoms. The van der Waals surface area contributed by atoms with Crippen molar-refractivity contribution >= 4 is 0 Å². The third kappa shape index (κ3) is 2.47. The van der Waals surface area contributed by atoms with Crippen molar-refractivity contribution in [2.45, 2.75) is 46.5 Å². The lowest BCUT2D eigenvalue weighted by Gasteiger charge is -2.08. The smallest absolute Gasteiger partial charge is 0.0649 e. The molecule has 0 N–H and O–H groups in total. The van der Waals surface area contributed by atoms with Gasteiger partial charge in [-0.3, -0.25) is 0 Å². The molecule has 0 spiro atoms. The summed E-state index contributed by atoms with van der Waals surface area (Å²) in [6.07, 6.45) is 4.64. The van der Waals surface area contributed by atoms with Crippen LogP contribution in [0.1, 0.15) is 43.6 Å². The first-order valence-corrected chi connectivity index (χ1v) is 6.90. The van der Waals surface area contributed by atoms with Crippen LogP contribution in [-0.2, 0) is 12.8 Å². The third-order valence-corrected chi connectivity index (χ3v) is 3.41.